The summed E-state index contributed by atoms with van der Waals surface area (Å²) in [5.74, 6) is 0.795. The van der Waals surface area contributed by atoms with E-state index in [4.69, 9.17) is 11.6 Å². The minimum Gasteiger partial charge on any atom is -0.354 e. The molecule has 35 heavy (non-hydrogen) atoms. The maximum absolute atomic E-state index is 13.6. The quantitative estimate of drug-likeness (QED) is 0.324. The number of rotatable bonds is 12. The van der Waals surface area contributed by atoms with Crippen molar-refractivity contribution in [1.82, 2.24) is 10.2 Å². The summed E-state index contributed by atoms with van der Waals surface area (Å²) in [5.41, 5.74) is 4.24. The number of carbonyl (C=O) groups is 2. The van der Waals surface area contributed by atoms with Crippen LogP contribution in [-0.2, 0) is 28.3 Å². The second kappa shape index (κ2) is 14.0. The number of aryl methyl sites for hydroxylation is 1. The van der Waals surface area contributed by atoms with Gasteiger partial charge >= 0.3 is 0 Å². The molecule has 6 heteroatoms. The van der Waals surface area contributed by atoms with Gasteiger partial charge in [-0.15, -0.1) is 11.8 Å². The van der Waals surface area contributed by atoms with Gasteiger partial charge in [-0.2, -0.15) is 0 Å². The predicted molar refractivity (Wildman–Crippen MR) is 147 cm³/mol. The highest BCUT2D eigenvalue weighted by Gasteiger charge is 2.30. The van der Waals surface area contributed by atoms with Crippen LogP contribution in [0, 0.1) is 6.92 Å². The van der Waals surface area contributed by atoms with Crippen LogP contribution >= 0.6 is 23.4 Å². The van der Waals surface area contributed by atoms with Crippen molar-refractivity contribution < 1.29 is 9.59 Å². The van der Waals surface area contributed by atoms with Crippen LogP contribution in [0.25, 0.3) is 0 Å². The molecular formula is C29H33ClN2O2S. The highest BCUT2D eigenvalue weighted by atomic mass is 35.5. The zero-order valence-corrected chi connectivity index (χ0v) is 21.9. The molecule has 0 aliphatic heterocycles. The van der Waals surface area contributed by atoms with Crippen LogP contribution in [-0.4, -0.2) is 35.1 Å². The Labute approximate surface area is 218 Å². The first-order chi connectivity index (χ1) is 17.0. The minimum atomic E-state index is -0.594. The third kappa shape index (κ3) is 8.75. The van der Waals surface area contributed by atoms with E-state index in [2.05, 4.69) is 11.4 Å². The third-order valence-corrected chi connectivity index (χ3v) is 6.86. The van der Waals surface area contributed by atoms with Gasteiger partial charge in [0.2, 0.25) is 11.8 Å². The van der Waals surface area contributed by atoms with Crippen molar-refractivity contribution in [3.8, 4) is 0 Å². The lowest BCUT2D eigenvalue weighted by Gasteiger charge is -2.31. The van der Waals surface area contributed by atoms with Crippen molar-refractivity contribution in [2.24, 2.45) is 0 Å². The molecular weight excluding hydrogens is 476 g/mol. The van der Waals surface area contributed by atoms with Crippen molar-refractivity contribution in [3.05, 3.63) is 106 Å². The predicted octanol–water partition coefficient (Wildman–Crippen LogP) is 6.05. The van der Waals surface area contributed by atoms with Crippen LogP contribution in [0.4, 0.5) is 0 Å². The van der Waals surface area contributed by atoms with Crippen LogP contribution < -0.4 is 5.32 Å². The van der Waals surface area contributed by atoms with E-state index in [9.17, 15) is 9.59 Å². The molecule has 1 N–H and O–H groups in total. The Hall–Kier alpha value is -2.76. The van der Waals surface area contributed by atoms with Crippen molar-refractivity contribution in [1.29, 1.82) is 0 Å². The van der Waals surface area contributed by atoms with E-state index in [1.54, 1.807) is 4.90 Å². The van der Waals surface area contributed by atoms with Crippen LogP contribution in [0.2, 0.25) is 5.02 Å². The smallest absolute Gasteiger partial charge is 0.243 e. The molecule has 3 rings (SSSR count). The zero-order valence-electron chi connectivity index (χ0n) is 20.4. The van der Waals surface area contributed by atoms with Gasteiger partial charge in [-0.25, -0.2) is 0 Å². The summed E-state index contributed by atoms with van der Waals surface area (Å²) < 4.78 is 0. The summed E-state index contributed by atoms with van der Waals surface area (Å²) in [6.07, 6.45) is 1.30. The summed E-state index contributed by atoms with van der Waals surface area (Å²) in [6, 6.07) is 25.1. The molecule has 3 aromatic carbocycles. The largest absolute Gasteiger partial charge is 0.354 e. The standard InChI is InChI=1S/C29H33ClN2O2S/c1-3-15-31-29(34)27(18-23-10-5-4-6-11-23)32(19-24-12-7-9-22(2)16-24)28(33)21-35-20-25-13-8-14-26(30)17-25/h4-14,16-17,27H,3,15,18-21H2,1-2H3,(H,31,34)/t27-/m1/s1. The summed E-state index contributed by atoms with van der Waals surface area (Å²) in [5, 5.41) is 3.71. The Balaban J connectivity index is 1.83. The number of halogens is 1. The van der Waals surface area contributed by atoms with E-state index in [1.165, 1.54) is 11.8 Å². The minimum absolute atomic E-state index is 0.0499. The van der Waals surface area contributed by atoms with Crippen molar-refractivity contribution in [2.45, 2.75) is 45.0 Å². The van der Waals surface area contributed by atoms with Gasteiger partial charge in [-0.05, 0) is 42.2 Å². The molecule has 1 atom stereocenters. The van der Waals surface area contributed by atoms with Gasteiger partial charge in [0.15, 0.2) is 0 Å². The molecule has 0 aliphatic carbocycles. The highest BCUT2D eigenvalue weighted by Crippen LogP contribution is 2.20. The Bertz CT molecular complexity index is 1110. The molecule has 0 radical (unpaired) electrons. The molecule has 0 heterocycles. The summed E-state index contributed by atoms with van der Waals surface area (Å²) in [7, 11) is 0. The molecule has 0 fully saturated rings. The molecule has 0 aromatic heterocycles. The molecule has 0 saturated carbocycles. The van der Waals surface area contributed by atoms with Crippen molar-refractivity contribution >= 4 is 35.2 Å². The van der Waals surface area contributed by atoms with Gasteiger partial charge in [-0.3, -0.25) is 9.59 Å². The number of amides is 2. The van der Waals surface area contributed by atoms with Gasteiger partial charge in [-0.1, -0.05) is 90.8 Å². The molecule has 3 aromatic rings. The molecule has 2 amide bonds. The molecule has 184 valence electrons. The zero-order chi connectivity index (χ0) is 25.0. The molecule has 0 saturated heterocycles. The number of hydrogen-bond acceptors (Lipinski definition) is 3. The van der Waals surface area contributed by atoms with E-state index in [1.807, 2.05) is 86.6 Å². The average molecular weight is 509 g/mol. The second-order valence-corrected chi connectivity index (χ2v) is 10.1. The number of nitrogens with zero attached hydrogens (tertiary/aromatic N) is 1. The van der Waals surface area contributed by atoms with E-state index in [0.717, 1.165) is 28.7 Å². The van der Waals surface area contributed by atoms with Crippen LogP contribution in [0.1, 0.15) is 35.6 Å². The van der Waals surface area contributed by atoms with Gasteiger partial charge < -0.3 is 10.2 Å². The van der Waals surface area contributed by atoms with Crippen molar-refractivity contribution in [2.75, 3.05) is 12.3 Å². The third-order valence-electron chi connectivity index (χ3n) is 5.64. The molecule has 0 bridgehead atoms. The number of nitrogens with one attached hydrogen (secondary N) is 1. The van der Waals surface area contributed by atoms with E-state index >= 15 is 0 Å². The topological polar surface area (TPSA) is 49.4 Å². The fourth-order valence-electron chi connectivity index (χ4n) is 3.89. The average Bonchev–Trinajstić information content (AvgIpc) is 2.85. The maximum Gasteiger partial charge on any atom is 0.243 e. The highest BCUT2D eigenvalue weighted by molar-refractivity contribution is 7.99. The number of carbonyl (C=O) groups excluding carboxylic acids is 2. The van der Waals surface area contributed by atoms with E-state index in [0.29, 0.717) is 30.3 Å². The maximum atomic E-state index is 13.6. The Morgan fingerprint density at radius 2 is 1.66 bits per heavy atom. The van der Waals surface area contributed by atoms with E-state index < -0.39 is 6.04 Å². The fourth-order valence-corrected chi connectivity index (χ4v) is 4.96. The number of benzene rings is 3. The summed E-state index contributed by atoms with van der Waals surface area (Å²) in [6.45, 7) is 5.02. The first-order valence-corrected chi connectivity index (χ1v) is 13.5. The fraction of sp³-hybridized carbons (Fsp3) is 0.310. The van der Waals surface area contributed by atoms with Gasteiger partial charge in [0.05, 0.1) is 5.75 Å². The molecule has 0 spiro atoms. The summed E-state index contributed by atoms with van der Waals surface area (Å²) in [4.78, 5) is 28.7. The van der Waals surface area contributed by atoms with Gasteiger partial charge in [0.1, 0.15) is 6.04 Å². The molecule has 0 aliphatic rings. The number of thioether (sulfide) groups is 1. The first kappa shape index (κ1) is 26.8. The van der Waals surface area contributed by atoms with Gasteiger partial charge in [0, 0.05) is 30.3 Å². The lowest BCUT2D eigenvalue weighted by Crippen LogP contribution is -2.51. The molecule has 0 unspecified atom stereocenters. The van der Waals surface area contributed by atoms with Crippen molar-refractivity contribution in [3.63, 3.8) is 0 Å². The normalized spacial score (nSPS) is 11.6. The Morgan fingerprint density at radius 3 is 2.37 bits per heavy atom. The molecule has 4 nitrogen and oxygen atoms in total. The van der Waals surface area contributed by atoms with Crippen LogP contribution in [0.5, 0.6) is 0 Å². The lowest BCUT2D eigenvalue weighted by molar-refractivity contribution is -0.139. The van der Waals surface area contributed by atoms with Crippen LogP contribution in [0.15, 0.2) is 78.9 Å². The van der Waals surface area contributed by atoms with Crippen LogP contribution in [0.3, 0.4) is 0 Å². The Morgan fingerprint density at radius 1 is 0.943 bits per heavy atom. The monoisotopic (exact) mass is 508 g/mol. The Kier molecular flexibility index (Phi) is 10.7. The van der Waals surface area contributed by atoms with E-state index in [-0.39, 0.29) is 17.6 Å². The van der Waals surface area contributed by atoms with Gasteiger partial charge in [0.25, 0.3) is 0 Å². The lowest BCUT2D eigenvalue weighted by atomic mass is 10.0. The first-order valence-electron chi connectivity index (χ1n) is 11.9. The summed E-state index contributed by atoms with van der Waals surface area (Å²) >= 11 is 7.64. The number of hydrogen-bond donors (Lipinski definition) is 1. The SMILES string of the molecule is CCCNC(=O)[C@@H](Cc1ccccc1)N(Cc1cccc(C)c1)C(=O)CSCc1cccc(Cl)c1. The second-order valence-electron chi connectivity index (χ2n) is 8.63.